The first-order chi connectivity index (χ1) is 8.51. The van der Waals surface area contributed by atoms with Gasteiger partial charge in [0.05, 0.1) is 0 Å². The van der Waals surface area contributed by atoms with Crippen LogP contribution in [0.25, 0.3) is 0 Å². The van der Waals surface area contributed by atoms with E-state index in [0.717, 1.165) is 5.56 Å². The number of hydrogen-bond acceptors (Lipinski definition) is 2. The van der Waals surface area contributed by atoms with Crippen LogP contribution in [0.15, 0.2) is 30.3 Å². The van der Waals surface area contributed by atoms with Gasteiger partial charge in [-0.05, 0) is 38.2 Å². The monoisotopic (exact) mass is 246 g/mol. The zero-order valence-corrected chi connectivity index (χ0v) is 11.1. The highest BCUT2D eigenvalue weighted by atomic mass is 16.2. The lowest BCUT2D eigenvalue weighted by Crippen LogP contribution is -2.53. The van der Waals surface area contributed by atoms with Crippen LogP contribution in [0.3, 0.4) is 0 Å². The molecule has 1 saturated carbocycles. The van der Waals surface area contributed by atoms with Crippen LogP contribution in [0.2, 0.25) is 0 Å². The van der Waals surface area contributed by atoms with Crippen LogP contribution in [0, 0.1) is 5.92 Å². The molecule has 2 atom stereocenters. The van der Waals surface area contributed by atoms with Gasteiger partial charge in [-0.25, -0.2) is 0 Å². The van der Waals surface area contributed by atoms with Crippen LogP contribution in [-0.2, 0) is 10.3 Å². The highest BCUT2D eigenvalue weighted by Crippen LogP contribution is 2.29. The predicted molar refractivity (Wildman–Crippen MR) is 72.9 cm³/mol. The van der Waals surface area contributed by atoms with Gasteiger partial charge >= 0.3 is 0 Å². The van der Waals surface area contributed by atoms with Crippen molar-refractivity contribution in [3.05, 3.63) is 35.9 Å². The summed E-state index contributed by atoms with van der Waals surface area (Å²) in [6.07, 6.45) is 3.71. The summed E-state index contributed by atoms with van der Waals surface area (Å²) in [4.78, 5) is 12.3. The summed E-state index contributed by atoms with van der Waals surface area (Å²) >= 11 is 0. The standard InChI is InChI=1S/C15H22N2O/c1-11(12-7-6-8-12)17-14(18)15(2,16)13-9-4-3-5-10-13/h3-5,9-12H,6-8,16H2,1-2H3,(H,17,18). The van der Waals surface area contributed by atoms with Crippen LogP contribution >= 0.6 is 0 Å². The molecule has 0 aromatic heterocycles. The quantitative estimate of drug-likeness (QED) is 0.855. The number of nitrogens with two attached hydrogens (primary N) is 1. The number of hydrogen-bond donors (Lipinski definition) is 2. The van der Waals surface area contributed by atoms with Crippen molar-refractivity contribution in [2.24, 2.45) is 11.7 Å². The van der Waals surface area contributed by atoms with Gasteiger partial charge in [-0.1, -0.05) is 36.8 Å². The van der Waals surface area contributed by atoms with Crippen LogP contribution in [0.4, 0.5) is 0 Å². The molecule has 0 saturated heterocycles. The second-order valence-electron chi connectivity index (χ2n) is 5.52. The summed E-state index contributed by atoms with van der Waals surface area (Å²) in [7, 11) is 0. The van der Waals surface area contributed by atoms with Gasteiger partial charge in [0.15, 0.2) is 0 Å². The molecule has 98 valence electrons. The van der Waals surface area contributed by atoms with E-state index >= 15 is 0 Å². The van der Waals surface area contributed by atoms with Crippen molar-refractivity contribution < 1.29 is 4.79 Å². The third-order valence-corrected chi connectivity index (χ3v) is 4.06. The molecule has 1 fully saturated rings. The largest absolute Gasteiger partial charge is 0.351 e. The first kappa shape index (κ1) is 13.1. The number of carbonyl (C=O) groups excluding carboxylic acids is 1. The fourth-order valence-corrected chi connectivity index (χ4v) is 2.33. The molecule has 0 bridgehead atoms. The van der Waals surface area contributed by atoms with Crippen molar-refractivity contribution in [2.75, 3.05) is 0 Å². The third kappa shape index (κ3) is 2.56. The zero-order chi connectivity index (χ0) is 13.2. The number of carbonyl (C=O) groups is 1. The number of benzene rings is 1. The summed E-state index contributed by atoms with van der Waals surface area (Å²) in [6.45, 7) is 3.84. The van der Waals surface area contributed by atoms with Gasteiger partial charge in [0.2, 0.25) is 5.91 Å². The minimum Gasteiger partial charge on any atom is -0.351 e. The Morgan fingerprint density at radius 2 is 2.00 bits per heavy atom. The summed E-state index contributed by atoms with van der Waals surface area (Å²) in [5.41, 5.74) is 6.07. The fourth-order valence-electron chi connectivity index (χ4n) is 2.33. The number of amides is 1. The van der Waals surface area contributed by atoms with E-state index in [1.165, 1.54) is 19.3 Å². The summed E-state index contributed by atoms with van der Waals surface area (Å²) < 4.78 is 0. The van der Waals surface area contributed by atoms with Crippen LogP contribution < -0.4 is 11.1 Å². The van der Waals surface area contributed by atoms with Crippen molar-refractivity contribution in [1.29, 1.82) is 0 Å². The number of nitrogens with one attached hydrogen (secondary N) is 1. The van der Waals surface area contributed by atoms with Crippen LogP contribution in [0.5, 0.6) is 0 Å². The average molecular weight is 246 g/mol. The van der Waals surface area contributed by atoms with E-state index in [-0.39, 0.29) is 11.9 Å². The zero-order valence-electron chi connectivity index (χ0n) is 11.1. The Morgan fingerprint density at radius 3 is 2.50 bits per heavy atom. The van der Waals surface area contributed by atoms with E-state index in [4.69, 9.17) is 5.73 Å². The van der Waals surface area contributed by atoms with Crippen molar-refractivity contribution in [2.45, 2.75) is 44.7 Å². The maximum atomic E-state index is 12.3. The molecule has 1 aromatic carbocycles. The first-order valence-corrected chi connectivity index (χ1v) is 6.67. The van der Waals surface area contributed by atoms with Crippen LogP contribution in [0.1, 0.15) is 38.7 Å². The topological polar surface area (TPSA) is 55.1 Å². The molecule has 0 aliphatic heterocycles. The van der Waals surface area contributed by atoms with E-state index in [2.05, 4.69) is 12.2 Å². The molecule has 0 heterocycles. The van der Waals surface area contributed by atoms with Crippen molar-refractivity contribution >= 4 is 5.91 Å². The van der Waals surface area contributed by atoms with Crippen molar-refractivity contribution in [1.82, 2.24) is 5.32 Å². The predicted octanol–water partition coefficient (Wildman–Crippen LogP) is 2.17. The summed E-state index contributed by atoms with van der Waals surface area (Å²) in [5.74, 6) is 0.536. The third-order valence-electron chi connectivity index (χ3n) is 4.06. The van der Waals surface area contributed by atoms with E-state index in [9.17, 15) is 4.79 Å². The normalized spacial score (nSPS) is 20.6. The molecule has 1 aliphatic carbocycles. The van der Waals surface area contributed by atoms with Crippen LogP contribution in [-0.4, -0.2) is 11.9 Å². The van der Waals surface area contributed by atoms with E-state index in [1.807, 2.05) is 30.3 Å². The number of rotatable bonds is 4. The van der Waals surface area contributed by atoms with Gasteiger partial charge in [0.25, 0.3) is 0 Å². The lowest BCUT2D eigenvalue weighted by Gasteiger charge is -2.34. The fraction of sp³-hybridized carbons (Fsp3) is 0.533. The molecule has 3 N–H and O–H groups in total. The second-order valence-corrected chi connectivity index (χ2v) is 5.52. The highest BCUT2D eigenvalue weighted by molar-refractivity contribution is 5.87. The van der Waals surface area contributed by atoms with Gasteiger partial charge in [0.1, 0.15) is 5.54 Å². The average Bonchev–Trinajstić information content (AvgIpc) is 2.27. The molecule has 18 heavy (non-hydrogen) atoms. The molecular formula is C15H22N2O. The maximum absolute atomic E-state index is 12.3. The van der Waals surface area contributed by atoms with Crippen molar-refractivity contribution in [3.63, 3.8) is 0 Å². The molecule has 1 aliphatic rings. The Bertz CT molecular complexity index is 410. The van der Waals surface area contributed by atoms with Gasteiger partial charge in [-0.15, -0.1) is 0 Å². The molecule has 3 heteroatoms. The van der Waals surface area contributed by atoms with Gasteiger partial charge in [-0.2, -0.15) is 0 Å². The Labute approximate surface area is 109 Å². The Morgan fingerprint density at radius 1 is 1.39 bits per heavy atom. The van der Waals surface area contributed by atoms with E-state index in [1.54, 1.807) is 6.92 Å². The molecule has 0 radical (unpaired) electrons. The molecule has 3 nitrogen and oxygen atoms in total. The van der Waals surface area contributed by atoms with E-state index < -0.39 is 5.54 Å². The SMILES string of the molecule is CC(NC(=O)C(C)(N)c1ccccc1)C1CCC1. The van der Waals surface area contributed by atoms with Crippen molar-refractivity contribution in [3.8, 4) is 0 Å². The molecular weight excluding hydrogens is 224 g/mol. The van der Waals surface area contributed by atoms with Gasteiger partial charge < -0.3 is 11.1 Å². The van der Waals surface area contributed by atoms with Gasteiger partial charge in [0, 0.05) is 6.04 Å². The minimum absolute atomic E-state index is 0.0897. The smallest absolute Gasteiger partial charge is 0.244 e. The highest BCUT2D eigenvalue weighted by Gasteiger charge is 2.33. The molecule has 2 unspecified atom stereocenters. The Kier molecular flexibility index (Phi) is 3.71. The molecule has 2 rings (SSSR count). The lowest BCUT2D eigenvalue weighted by molar-refractivity contribution is -0.127. The molecule has 1 aromatic rings. The molecule has 1 amide bonds. The van der Waals surface area contributed by atoms with E-state index in [0.29, 0.717) is 5.92 Å². The lowest BCUT2D eigenvalue weighted by atomic mass is 9.80. The summed E-state index contributed by atoms with van der Waals surface area (Å²) in [5, 5.41) is 3.06. The second kappa shape index (κ2) is 5.11. The Balaban J connectivity index is 2.03. The minimum atomic E-state index is -0.959. The molecule has 0 spiro atoms. The summed E-state index contributed by atoms with van der Waals surface area (Å²) in [6, 6.07) is 9.75. The maximum Gasteiger partial charge on any atom is 0.244 e. The Hall–Kier alpha value is -1.35. The first-order valence-electron chi connectivity index (χ1n) is 6.67. The van der Waals surface area contributed by atoms with Gasteiger partial charge in [-0.3, -0.25) is 4.79 Å².